The number of rotatable bonds is 7. The van der Waals surface area contributed by atoms with Crippen LogP contribution in [0.25, 0.3) is 0 Å². The largest absolute Gasteiger partial charge is 0.466 e. The topological polar surface area (TPSA) is 63.2 Å². The molecular weight excluding hydrogens is 476 g/mol. The summed E-state index contributed by atoms with van der Waals surface area (Å²) in [5.74, 6) is 0.219. The Morgan fingerprint density at radius 1 is 1.36 bits per heavy atom. The fourth-order valence-corrected chi connectivity index (χ4v) is 3.21. The number of likely N-dealkylation sites (tertiary alicyclic amines) is 1. The van der Waals surface area contributed by atoms with Crippen molar-refractivity contribution in [3.8, 4) is 0 Å². The second-order valence-corrected chi connectivity index (χ2v) is 6.51. The van der Waals surface area contributed by atoms with Crippen molar-refractivity contribution in [2.45, 2.75) is 32.8 Å². The predicted molar refractivity (Wildman–Crippen MR) is 118 cm³/mol. The molecule has 2 atom stereocenters. The van der Waals surface area contributed by atoms with Crippen molar-refractivity contribution >= 4 is 35.9 Å². The van der Waals surface area contributed by atoms with Gasteiger partial charge >= 0.3 is 5.97 Å². The highest BCUT2D eigenvalue weighted by molar-refractivity contribution is 14.0. The van der Waals surface area contributed by atoms with Crippen molar-refractivity contribution in [3.63, 3.8) is 0 Å². The average Bonchev–Trinajstić information content (AvgIpc) is 2.69. The lowest BCUT2D eigenvalue weighted by atomic mass is 9.98. The van der Waals surface area contributed by atoms with Crippen LogP contribution >= 0.6 is 24.0 Å². The van der Waals surface area contributed by atoms with Crippen molar-refractivity contribution < 1.29 is 18.7 Å². The highest BCUT2D eigenvalue weighted by Crippen LogP contribution is 2.20. The van der Waals surface area contributed by atoms with Crippen LogP contribution in [0.5, 0.6) is 0 Å². The van der Waals surface area contributed by atoms with E-state index in [1.54, 1.807) is 19.2 Å². The van der Waals surface area contributed by atoms with Crippen molar-refractivity contribution in [1.29, 1.82) is 0 Å². The number of aliphatic imine (C=N–C) groups is 1. The number of hydrogen-bond donors (Lipinski definition) is 1. The first kappa shape index (κ1) is 24.6. The number of halogens is 2. The Morgan fingerprint density at radius 3 is 2.68 bits per heavy atom. The molecule has 28 heavy (non-hydrogen) atoms. The molecule has 158 valence electrons. The maximum Gasteiger partial charge on any atom is 0.310 e. The summed E-state index contributed by atoms with van der Waals surface area (Å²) in [6.07, 6.45) is 1.50. The van der Waals surface area contributed by atoms with E-state index < -0.39 is 0 Å². The predicted octanol–water partition coefficient (Wildman–Crippen LogP) is 3.37. The SMILES string of the molecule is CCNC(=NCC(OC)c1ccc(F)cc1)N1CCCC(C(=O)OCC)C1.I. The van der Waals surface area contributed by atoms with Crippen LogP contribution in [0.2, 0.25) is 0 Å². The van der Waals surface area contributed by atoms with Gasteiger partial charge in [0.2, 0.25) is 0 Å². The minimum atomic E-state index is -0.274. The van der Waals surface area contributed by atoms with Crippen LogP contribution in [0, 0.1) is 11.7 Å². The molecule has 0 amide bonds. The van der Waals surface area contributed by atoms with Gasteiger partial charge in [0.25, 0.3) is 0 Å². The molecule has 1 saturated heterocycles. The van der Waals surface area contributed by atoms with Gasteiger partial charge in [0.05, 0.1) is 19.1 Å². The molecule has 2 unspecified atom stereocenters. The van der Waals surface area contributed by atoms with Gasteiger partial charge in [-0.2, -0.15) is 0 Å². The van der Waals surface area contributed by atoms with Crippen LogP contribution in [0.15, 0.2) is 29.3 Å². The fraction of sp³-hybridized carbons (Fsp3) is 0.600. The van der Waals surface area contributed by atoms with Gasteiger partial charge in [-0.1, -0.05) is 12.1 Å². The van der Waals surface area contributed by atoms with E-state index in [9.17, 15) is 9.18 Å². The number of ether oxygens (including phenoxy) is 2. The number of esters is 1. The molecule has 0 aliphatic carbocycles. The molecule has 1 aromatic carbocycles. The van der Waals surface area contributed by atoms with Crippen molar-refractivity contribution in [2.24, 2.45) is 10.9 Å². The zero-order valence-corrected chi connectivity index (χ0v) is 19.1. The lowest BCUT2D eigenvalue weighted by Crippen LogP contribution is -2.48. The maximum atomic E-state index is 13.1. The third-order valence-electron chi connectivity index (χ3n) is 4.61. The maximum absolute atomic E-state index is 13.1. The molecule has 1 aromatic rings. The molecule has 0 saturated carbocycles. The van der Waals surface area contributed by atoms with Crippen LogP contribution in [0.4, 0.5) is 4.39 Å². The van der Waals surface area contributed by atoms with Gasteiger partial charge in [0.15, 0.2) is 5.96 Å². The summed E-state index contributed by atoms with van der Waals surface area (Å²) in [4.78, 5) is 18.9. The molecule has 8 heteroatoms. The second-order valence-electron chi connectivity index (χ2n) is 6.51. The van der Waals surface area contributed by atoms with E-state index in [2.05, 4.69) is 10.2 Å². The zero-order valence-electron chi connectivity index (χ0n) is 16.8. The van der Waals surface area contributed by atoms with Crippen LogP contribution < -0.4 is 5.32 Å². The summed E-state index contributed by atoms with van der Waals surface area (Å²) < 4.78 is 23.9. The lowest BCUT2D eigenvalue weighted by Gasteiger charge is -2.34. The van der Waals surface area contributed by atoms with Gasteiger partial charge in [-0.3, -0.25) is 9.79 Å². The Bertz CT molecular complexity index is 628. The van der Waals surface area contributed by atoms with Gasteiger partial charge < -0.3 is 19.7 Å². The van der Waals surface area contributed by atoms with Crippen molar-refractivity contribution in [3.05, 3.63) is 35.6 Å². The van der Waals surface area contributed by atoms with Crippen LogP contribution in [0.1, 0.15) is 38.4 Å². The Labute approximate surface area is 183 Å². The molecule has 0 radical (unpaired) electrons. The van der Waals surface area contributed by atoms with E-state index >= 15 is 0 Å². The average molecular weight is 507 g/mol. The monoisotopic (exact) mass is 507 g/mol. The summed E-state index contributed by atoms with van der Waals surface area (Å²) in [6, 6.07) is 6.27. The number of nitrogens with one attached hydrogen (secondary N) is 1. The molecule has 1 heterocycles. The molecule has 1 N–H and O–H groups in total. The van der Waals surface area contributed by atoms with E-state index in [1.165, 1.54) is 12.1 Å². The first-order chi connectivity index (χ1) is 13.1. The first-order valence-corrected chi connectivity index (χ1v) is 9.57. The summed E-state index contributed by atoms with van der Waals surface area (Å²) in [5.41, 5.74) is 0.876. The minimum Gasteiger partial charge on any atom is -0.466 e. The van der Waals surface area contributed by atoms with Gasteiger partial charge in [-0.05, 0) is 44.4 Å². The Balaban J connectivity index is 0.00000392. The Kier molecular flexibility index (Phi) is 11.4. The number of carbonyl (C=O) groups is 1. The third-order valence-corrected chi connectivity index (χ3v) is 4.61. The molecule has 0 spiro atoms. The lowest BCUT2D eigenvalue weighted by molar-refractivity contribution is -0.149. The smallest absolute Gasteiger partial charge is 0.310 e. The standard InChI is InChI=1S/C20H30FN3O3.HI/c1-4-22-20(24-12-6-7-16(14-24)19(25)27-5-2)23-13-18(26-3)15-8-10-17(21)11-9-15;/h8-11,16,18H,4-7,12-14H2,1-3H3,(H,22,23);1H. The molecule has 1 aliphatic rings. The first-order valence-electron chi connectivity index (χ1n) is 9.57. The number of piperidine rings is 1. The normalized spacial score (nSPS) is 18.2. The van der Waals surface area contributed by atoms with E-state index in [0.717, 1.165) is 37.5 Å². The summed E-state index contributed by atoms with van der Waals surface area (Å²) in [5, 5.41) is 3.29. The second kappa shape index (κ2) is 12.9. The number of carbonyl (C=O) groups excluding carboxylic acids is 1. The minimum absolute atomic E-state index is 0. The highest BCUT2D eigenvalue weighted by Gasteiger charge is 2.28. The third kappa shape index (κ3) is 7.20. The number of guanidine groups is 1. The molecule has 0 aromatic heterocycles. The van der Waals surface area contributed by atoms with Crippen LogP contribution in [-0.4, -0.2) is 56.7 Å². The summed E-state index contributed by atoms with van der Waals surface area (Å²) in [7, 11) is 1.62. The zero-order chi connectivity index (χ0) is 19.6. The van der Waals surface area contributed by atoms with Crippen LogP contribution in [0.3, 0.4) is 0 Å². The fourth-order valence-electron chi connectivity index (χ4n) is 3.21. The summed E-state index contributed by atoms with van der Waals surface area (Å²) in [6.45, 7) is 6.81. The van der Waals surface area contributed by atoms with E-state index in [1.807, 2.05) is 13.8 Å². The van der Waals surface area contributed by atoms with Crippen molar-refractivity contribution in [1.82, 2.24) is 10.2 Å². The molecular formula is C20H31FIN3O3. The summed E-state index contributed by atoms with van der Waals surface area (Å²) >= 11 is 0. The Morgan fingerprint density at radius 2 is 2.07 bits per heavy atom. The van der Waals surface area contributed by atoms with E-state index in [0.29, 0.717) is 19.7 Å². The number of benzene rings is 1. The number of hydrogen-bond acceptors (Lipinski definition) is 4. The van der Waals surface area contributed by atoms with E-state index in [4.69, 9.17) is 14.5 Å². The van der Waals surface area contributed by atoms with E-state index in [-0.39, 0.29) is 47.8 Å². The van der Waals surface area contributed by atoms with Gasteiger partial charge in [0, 0.05) is 26.7 Å². The van der Waals surface area contributed by atoms with Gasteiger partial charge in [-0.15, -0.1) is 24.0 Å². The van der Waals surface area contributed by atoms with Crippen molar-refractivity contribution in [2.75, 3.05) is 39.9 Å². The quantitative estimate of drug-likeness (QED) is 0.266. The molecule has 1 fully saturated rings. The molecule has 0 bridgehead atoms. The molecule has 1 aliphatic heterocycles. The molecule has 2 rings (SSSR count). The number of nitrogens with zero attached hydrogens (tertiary/aromatic N) is 2. The van der Waals surface area contributed by atoms with Gasteiger partial charge in [-0.25, -0.2) is 4.39 Å². The van der Waals surface area contributed by atoms with Gasteiger partial charge in [0.1, 0.15) is 11.9 Å². The number of methoxy groups -OCH3 is 1. The molecule has 6 nitrogen and oxygen atoms in total. The highest BCUT2D eigenvalue weighted by atomic mass is 127. The Hall–Kier alpha value is -1.42. The van der Waals surface area contributed by atoms with Crippen LogP contribution in [-0.2, 0) is 14.3 Å².